The molecule has 0 radical (unpaired) electrons. The molecule has 0 amide bonds. The molecule has 4 aromatic rings. The van der Waals surface area contributed by atoms with Crippen LogP contribution < -0.4 is 9.47 Å². The molecule has 168 valence electrons. The van der Waals surface area contributed by atoms with Gasteiger partial charge >= 0.3 is 0 Å². The fourth-order valence-electron chi connectivity index (χ4n) is 4.06. The molecule has 9 heteroatoms. The molecule has 0 bridgehead atoms. The lowest BCUT2D eigenvalue weighted by Crippen LogP contribution is -2.21. The zero-order valence-corrected chi connectivity index (χ0v) is 19.7. The van der Waals surface area contributed by atoms with Gasteiger partial charge in [-0.3, -0.25) is 4.79 Å². The number of halogens is 1. The SMILES string of the molecule is COc1ccc([C@H]2CC(=O)c3cn4nc(SCc5ccccc5Cl)nc4nc3C2)c(OC)c1. The van der Waals surface area contributed by atoms with Gasteiger partial charge in [-0.15, -0.1) is 5.10 Å². The van der Waals surface area contributed by atoms with E-state index in [2.05, 4.69) is 15.1 Å². The van der Waals surface area contributed by atoms with Crippen LogP contribution in [-0.2, 0) is 12.2 Å². The molecule has 0 fully saturated rings. The van der Waals surface area contributed by atoms with E-state index in [0.717, 1.165) is 16.8 Å². The average molecular weight is 481 g/mol. The first-order chi connectivity index (χ1) is 16.1. The average Bonchev–Trinajstić information content (AvgIpc) is 3.23. The molecule has 1 atom stereocenters. The Morgan fingerprint density at radius 2 is 1.97 bits per heavy atom. The second kappa shape index (κ2) is 9.03. The van der Waals surface area contributed by atoms with Gasteiger partial charge in [0.05, 0.1) is 25.5 Å². The minimum atomic E-state index is -0.0298. The highest BCUT2D eigenvalue weighted by Gasteiger charge is 2.30. The Balaban J connectivity index is 1.42. The van der Waals surface area contributed by atoms with Crippen molar-refractivity contribution in [3.8, 4) is 11.5 Å². The van der Waals surface area contributed by atoms with Crippen molar-refractivity contribution in [3.05, 3.63) is 76.1 Å². The summed E-state index contributed by atoms with van der Waals surface area (Å²) in [7, 11) is 3.24. The van der Waals surface area contributed by atoms with Crippen molar-refractivity contribution in [2.24, 2.45) is 0 Å². The van der Waals surface area contributed by atoms with E-state index < -0.39 is 0 Å². The van der Waals surface area contributed by atoms with Crippen LogP contribution in [0.4, 0.5) is 0 Å². The van der Waals surface area contributed by atoms with Gasteiger partial charge in [0.1, 0.15) is 11.5 Å². The second-order valence-corrected chi connectivity index (χ2v) is 9.11. The van der Waals surface area contributed by atoms with Crippen molar-refractivity contribution in [2.45, 2.75) is 29.7 Å². The van der Waals surface area contributed by atoms with E-state index in [-0.39, 0.29) is 11.7 Å². The Morgan fingerprint density at radius 3 is 2.76 bits per heavy atom. The third-order valence-electron chi connectivity index (χ3n) is 5.76. The molecule has 7 nitrogen and oxygen atoms in total. The predicted octanol–water partition coefficient (Wildman–Crippen LogP) is 5.00. The lowest BCUT2D eigenvalue weighted by molar-refractivity contribution is 0.0962. The number of fused-ring (bicyclic) bond motifs is 2. The molecule has 0 spiro atoms. The van der Waals surface area contributed by atoms with Crippen molar-refractivity contribution in [2.75, 3.05) is 14.2 Å². The second-order valence-electron chi connectivity index (χ2n) is 7.76. The molecule has 2 aromatic heterocycles. The van der Waals surface area contributed by atoms with Crippen molar-refractivity contribution in [1.82, 2.24) is 19.6 Å². The number of aromatic nitrogens is 4. The van der Waals surface area contributed by atoms with Crippen LogP contribution >= 0.6 is 23.4 Å². The van der Waals surface area contributed by atoms with Gasteiger partial charge in [0, 0.05) is 35.4 Å². The first-order valence-corrected chi connectivity index (χ1v) is 11.8. The van der Waals surface area contributed by atoms with Crippen LogP contribution in [0.2, 0.25) is 5.02 Å². The normalized spacial score (nSPS) is 15.5. The van der Waals surface area contributed by atoms with E-state index in [9.17, 15) is 4.79 Å². The van der Waals surface area contributed by atoms with Crippen LogP contribution in [0.1, 0.15) is 39.5 Å². The molecular weight excluding hydrogens is 460 g/mol. The number of ketones is 1. The zero-order chi connectivity index (χ0) is 22.9. The molecule has 1 aliphatic carbocycles. The minimum absolute atomic E-state index is 0.0298. The van der Waals surface area contributed by atoms with Crippen LogP contribution in [-0.4, -0.2) is 39.6 Å². The maximum absolute atomic E-state index is 13.0. The Morgan fingerprint density at radius 1 is 1.12 bits per heavy atom. The number of ether oxygens (including phenoxy) is 2. The number of nitrogens with zero attached hydrogens (tertiary/aromatic N) is 4. The monoisotopic (exact) mass is 480 g/mol. The molecule has 33 heavy (non-hydrogen) atoms. The fourth-order valence-corrected chi connectivity index (χ4v) is 5.17. The van der Waals surface area contributed by atoms with Crippen molar-refractivity contribution in [3.63, 3.8) is 0 Å². The Bertz CT molecular complexity index is 1360. The van der Waals surface area contributed by atoms with E-state index in [1.54, 1.807) is 24.9 Å². The molecular formula is C24H21ClN4O3S. The molecule has 2 aromatic carbocycles. The summed E-state index contributed by atoms with van der Waals surface area (Å²) in [5.74, 6) is 2.55. The Kier molecular flexibility index (Phi) is 5.95. The van der Waals surface area contributed by atoms with Crippen LogP contribution in [0.5, 0.6) is 11.5 Å². The lowest BCUT2D eigenvalue weighted by atomic mass is 9.82. The minimum Gasteiger partial charge on any atom is -0.497 e. The van der Waals surface area contributed by atoms with Crippen LogP contribution in [0.3, 0.4) is 0 Å². The van der Waals surface area contributed by atoms with Gasteiger partial charge in [-0.25, -0.2) is 9.50 Å². The Labute approximate surface area is 200 Å². The third kappa shape index (κ3) is 4.28. The molecule has 0 aliphatic heterocycles. The third-order valence-corrected chi connectivity index (χ3v) is 7.01. The van der Waals surface area contributed by atoms with E-state index in [4.69, 9.17) is 21.1 Å². The molecule has 2 heterocycles. The number of thioether (sulfide) groups is 1. The largest absolute Gasteiger partial charge is 0.497 e. The van der Waals surface area contributed by atoms with E-state index in [1.165, 1.54) is 11.8 Å². The summed E-state index contributed by atoms with van der Waals surface area (Å²) in [6.45, 7) is 0. The Hall–Kier alpha value is -3.10. The van der Waals surface area contributed by atoms with Crippen LogP contribution in [0.15, 0.2) is 53.8 Å². The molecule has 0 saturated carbocycles. The number of rotatable bonds is 6. The summed E-state index contributed by atoms with van der Waals surface area (Å²) in [4.78, 5) is 22.2. The summed E-state index contributed by atoms with van der Waals surface area (Å²) in [6.07, 6.45) is 2.74. The molecule has 0 saturated heterocycles. The van der Waals surface area contributed by atoms with Crippen molar-refractivity contribution < 1.29 is 14.3 Å². The number of carbonyl (C=O) groups is 1. The quantitative estimate of drug-likeness (QED) is 0.359. The summed E-state index contributed by atoms with van der Waals surface area (Å²) in [5, 5.41) is 5.80. The van der Waals surface area contributed by atoms with Crippen LogP contribution in [0, 0.1) is 0 Å². The number of carbonyl (C=O) groups excluding carboxylic acids is 1. The summed E-state index contributed by atoms with van der Waals surface area (Å²) in [6, 6.07) is 13.4. The number of benzene rings is 2. The first-order valence-electron chi connectivity index (χ1n) is 10.4. The van der Waals surface area contributed by atoms with Gasteiger partial charge in [0.2, 0.25) is 5.16 Å². The highest BCUT2D eigenvalue weighted by molar-refractivity contribution is 7.98. The summed E-state index contributed by atoms with van der Waals surface area (Å²) >= 11 is 7.73. The smallest absolute Gasteiger partial charge is 0.253 e. The molecule has 0 unspecified atom stereocenters. The van der Waals surface area contributed by atoms with Crippen molar-refractivity contribution >= 4 is 34.9 Å². The van der Waals surface area contributed by atoms with Crippen molar-refractivity contribution in [1.29, 1.82) is 0 Å². The van der Waals surface area contributed by atoms with Gasteiger partial charge in [0.15, 0.2) is 5.78 Å². The van der Waals surface area contributed by atoms with E-state index >= 15 is 0 Å². The van der Waals surface area contributed by atoms with Gasteiger partial charge < -0.3 is 9.47 Å². The molecule has 1 aliphatic rings. The predicted molar refractivity (Wildman–Crippen MR) is 127 cm³/mol. The zero-order valence-electron chi connectivity index (χ0n) is 18.1. The van der Waals surface area contributed by atoms with Gasteiger partial charge in [0.25, 0.3) is 5.78 Å². The number of Topliss-reactive ketones (excluding diaryl/α,β-unsaturated/α-hetero) is 1. The number of methoxy groups -OCH3 is 2. The molecule has 0 N–H and O–H groups in total. The summed E-state index contributed by atoms with van der Waals surface area (Å²) < 4.78 is 12.4. The standard InChI is InChI=1S/C24H21ClN4O3S/c1-31-16-7-8-17(22(11-16)32-2)15-9-20-18(21(30)10-15)12-29-23(26-20)27-24(28-29)33-13-14-5-3-4-6-19(14)25/h3-8,11-12,15H,9-10,13H2,1-2H3/t15-/m1/s1. The van der Waals surface area contributed by atoms with E-state index in [0.29, 0.717) is 51.6 Å². The van der Waals surface area contributed by atoms with Gasteiger partial charge in [-0.05, 0) is 29.7 Å². The van der Waals surface area contributed by atoms with E-state index in [1.807, 2.05) is 42.5 Å². The molecule has 5 rings (SSSR count). The highest BCUT2D eigenvalue weighted by atomic mass is 35.5. The summed E-state index contributed by atoms with van der Waals surface area (Å²) in [5.41, 5.74) is 3.31. The number of hydrogen-bond acceptors (Lipinski definition) is 7. The highest BCUT2D eigenvalue weighted by Crippen LogP contribution is 2.38. The van der Waals surface area contributed by atoms with Gasteiger partial charge in [-0.2, -0.15) is 4.98 Å². The lowest BCUT2D eigenvalue weighted by Gasteiger charge is -2.24. The first kappa shape index (κ1) is 21.7. The topological polar surface area (TPSA) is 78.6 Å². The van der Waals surface area contributed by atoms with Gasteiger partial charge in [-0.1, -0.05) is 47.6 Å². The number of hydrogen-bond donors (Lipinski definition) is 0. The maximum atomic E-state index is 13.0. The fraction of sp³-hybridized carbons (Fsp3) is 0.250. The van der Waals surface area contributed by atoms with Crippen LogP contribution in [0.25, 0.3) is 5.78 Å². The maximum Gasteiger partial charge on any atom is 0.253 e.